The SMILES string of the molecule is N#Cc1c(N2CCC(N)CC2)nn(-c2ccccc2)c1N. The molecule has 0 bridgehead atoms. The molecule has 1 aromatic heterocycles. The molecule has 4 N–H and O–H groups in total. The van der Waals surface area contributed by atoms with Crippen LogP contribution in [0.4, 0.5) is 11.6 Å². The number of aromatic nitrogens is 2. The van der Waals surface area contributed by atoms with Gasteiger partial charge in [0, 0.05) is 19.1 Å². The number of rotatable bonds is 2. The van der Waals surface area contributed by atoms with E-state index in [1.54, 1.807) is 4.68 Å². The van der Waals surface area contributed by atoms with Crippen LogP contribution in [0.5, 0.6) is 0 Å². The molecular weight excluding hydrogens is 264 g/mol. The van der Waals surface area contributed by atoms with Gasteiger partial charge < -0.3 is 16.4 Å². The number of hydrogen-bond donors (Lipinski definition) is 2. The maximum Gasteiger partial charge on any atom is 0.171 e. The van der Waals surface area contributed by atoms with Crippen LogP contribution >= 0.6 is 0 Å². The average molecular weight is 282 g/mol. The zero-order valence-electron chi connectivity index (χ0n) is 11.7. The Labute approximate surface area is 123 Å². The highest BCUT2D eigenvalue weighted by Gasteiger charge is 2.24. The van der Waals surface area contributed by atoms with Crippen LogP contribution in [0.3, 0.4) is 0 Å². The Kier molecular flexibility index (Phi) is 3.50. The van der Waals surface area contributed by atoms with E-state index in [0.29, 0.717) is 17.2 Å². The molecule has 1 saturated heterocycles. The summed E-state index contributed by atoms with van der Waals surface area (Å²) in [6.45, 7) is 1.61. The van der Waals surface area contributed by atoms with Gasteiger partial charge in [-0.1, -0.05) is 18.2 Å². The molecule has 0 radical (unpaired) electrons. The number of nitrogen functional groups attached to an aromatic ring is 1. The highest BCUT2D eigenvalue weighted by Crippen LogP contribution is 2.28. The molecule has 0 unspecified atom stereocenters. The van der Waals surface area contributed by atoms with E-state index in [9.17, 15) is 5.26 Å². The summed E-state index contributed by atoms with van der Waals surface area (Å²) in [5, 5.41) is 14.0. The van der Waals surface area contributed by atoms with Gasteiger partial charge in [-0.05, 0) is 25.0 Å². The number of nitrogens with two attached hydrogens (primary N) is 2. The molecule has 1 fully saturated rings. The minimum atomic E-state index is 0.236. The molecule has 108 valence electrons. The van der Waals surface area contributed by atoms with Gasteiger partial charge in [0.05, 0.1) is 5.69 Å². The summed E-state index contributed by atoms with van der Waals surface area (Å²) in [5.41, 5.74) is 13.3. The highest BCUT2D eigenvalue weighted by atomic mass is 15.4. The van der Waals surface area contributed by atoms with E-state index in [-0.39, 0.29) is 6.04 Å². The quantitative estimate of drug-likeness (QED) is 0.864. The second-order valence-corrected chi connectivity index (χ2v) is 5.27. The summed E-state index contributed by atoms with van der Waals surface area (Å²) in [6, 6.07) is 12.0. The second-order valence-electron chi connectivity index (χ2n) is 5.27. The molecule has 1 aromatic carbocycles. The molecule has 2 heterocycles. The minimum absolute atomic E-state index is 0.236. The van der Waals surface area contributed by atoms with E-state index in [4.69, 9.17) is 11.5 Å². The van der Waals surface area contributed by atoms with E-state index in [2.05, 4.69) is 16.1 Å². The van der Waals surface area contributed by atoms with Crippen molar-refractivity contribution in [2.75, 3.05) is 23.7 Å². The maximum atomic E-state index is 9.41. The lowest BCUT2D eigenvalue weighted by Crippen LogP contribution is -2.40. The third-order valence-corrected chi connectivity index (χ3v) is 3.85. The first-order valence-electron chi connectivity index (χ1n) is 7.05. The van der Waals surface area contributed by atoms with Crippen molar-refractivity contribution in [1.82, 2.24) is 9.78 Å². The second kappa shape index (κ2) is 5.46. The Bertz CT molecular complexity index is 661. The van der Waals surface area contributed by atoms with E-state index >= 15 is 0 Å². The van der Waals surface area contributed by atoms with Crippen molar-refractivity contribution in [3.63, 3.8) is 0 Å². The van der Waals surface area contributed by atoms with Gasteiger partial charge in [0.1, 0.15) is 17.5 Å². The molecule has 21 heavy (non-hydrogen) atoms. The van der Waals surface area contributed by atoms with Gasteiger partial charge in [0.2, 0.25) is 0 Å². The van der Waals surface area contributed by atoms with Gasteiger partial charge in [-0.15, -0.1) is 5.10 Å². The number of hydrogen-bond acceptors (Lipinski definition) is 5. The lowest BCUT2D eigenvalue weighted by atomic mass is 10.1. The molecule has 6 nitrogen and oxygen atoms in total. The van der Waals surface area contributed by atoms with Gasteiger partial charge in [0.15, 0.2) is 5.82 Å². The number of nitrogens with zero attached hydrogens (tertiary/aromatic N) is 4. The number of para-hydroxylation sites is 1. The highest BCUT2D eigenvalue weighted by molar-refractivity contribution is 5.67. The van der Waals surface area contributed by atoms with Crippen molar-refractivity contribution in [3.05, 3.63) is 35.9 Å². The molecule has 3 rings (SSSR count). The number of nitriles is 1. The van der Waals surface area contributed by atoms with Crippen molar-refractivity contribution in [2.45, 2.75) is 18.9 Å². The Balaban J connectivity index is 2.00. The Morgan fingerprint density at radius 3 is 2.48 bits per heavy atom. The largest absolute Gasteiger partial charge is 0.382 e. The lowest BCUT2D eigenvalue weighted by molar-refractivity contribution is 0.497. The topological polar surface area (TPSA) is 96.9 Å². The lowest BCUT2D eigenvalue weighted by Gasteiger charge is -2.30. The molecule has 0 atom stereocenters. The first kappa shape index (κ1) is 13.5. The summed E-state index contributed by atoms with van der Waals surface area (Å²) >= 11 is 0. The predicted octanol–water partition coefficient (Wildman–Crippen LogP) is 1.25. The van der Waals surface area contributed by atoms with E-state index < -0.39 is 0 Å². The van der Waals surface area contributed by atoms with Gasteiger partial charge in [-0.2, -0.15) is 5.26 Å². The van der Waals surface area contributed by atoms with Crippen LogP contribution in [0.15, 0.2) is 30.3 Å². The van der Waals surface area contributed by atoms with Crippen molar-refractivity contribution in [2.24, 2.45) is 5.73 Å². The van der Waals surface area contributed by atoms with Crippen LogP contribution in [0.1, 0.15) is 18.4 Å². The Hall–Kier alpha value is -2.52. The van der Waals surface area contributed by atoms with Gasteiger partial charge in [-0.3, -0.25) is 0 Å². The summed E-state index contributed by atoms with van der Waals surface area (Å²) in [4.78, 5) is 2.09. The van der Waals surface area contributed by atoms with E-state index in [0.717, 1.165) is 31.6 Å². The van der Waals surface area contributed by atoms with Crippen molar-refractivity contribution in [3.8, 4) is 11.8 Å². The van der Waals surface area contributed by atoms with E-state index in [1.807, 2.05) is 30.3 Å². The summed E-state index contributed by atoms with van der Waals surface area (Å²) in [5.74, 6) is 1.04. The van der Waals surface area contributed by atoms with Gasteiger partial charge in [0.25, 0.3) is 0 Å². The predicted molar refractivity (Wildman–Crippen MR) is 82.1 cm³/mol. The zero-order valence-corrected chi connectivity index (χ0v) is 11.7. The van der Waals surface area contributed by atoms with Crippen molar-refractivity contribution < 1.29 is 0 Å². The third-order valence-electron chi connectivity index (χ3n) is 3.85. The zero-order chi connectivity index (χ0) is 14.8. The van der Waals surface area contributed by atoms with E-state index in [1.165, 1.54) is 0 Å². The maximum absolute atomic E-state index is 9.41. The molecular formula is C15H18N6. The Morgan fingerprint density at radius 2 is 1.86 bits per heavy atom. The third kappa shape index (κ3) is 2.43. The van der Waals surface area contributed by atoms with Crippen LogP contribution in [-0.2, 0) is 0 Å². The normalized spacial score (nSPS) is 15.9. The number of piperidine rings is 1. The number of benzene rings is 1. The standard InChI is InChI=1S/C15H18N6/c16-10-13-14(18)21(12-4-2-1-3-5-12)19-15(13)20-8-6-11(17)7-9-20/h1-5,11H,6-9,17-18H2. The Morgan fingerprint density at radius 1 is 1.19 bits per heavy atom. The summed E-state index contributed by atoms with van der Waals surface area (Å²) < 4.78 is 1.63. The van der Waals surface area contributed by atoms with Crippen LogP contribution in [-0.4, -0.2) is 28.9 Å². The van der Waals surface area contributed by atoms with Crippen molar-refractivity contribution >= 4 is 11.6 Å². The molecule has 6 heteroatoms. The van der Waals surface area contributed by atoms with Gasteiger partial charge in [-0.25, -0.2) is 4.68 Å². The molecule has 0 spiro atoms. The average Bonchev–Trinajstić information content (AvgIpc) is 2.85. The molecule has 0 amide bonds. The fraction of sp³-hybridized carbons (Fsp3) is 0.333. The fourth-order valence-electron chi connectivity index (χ4n) is 2.62. The van der Waals surface area contributed by atoms with Gasteiger partial charge >= 0.3 is 0 Å². The summed E-state index contributed by atoms with van der Waals surface area (Å²) in [7, 11) is 0. The van der Waals surface area contributed by atoms with Crippen LogP contribution < -0.4 is 16.4 Å². The smallest absolute Gasteiger partial charge is 0.171 e. The minimum Gasteiger partial charge on any atom is -0.382 e. The summed E-state index contributed by atoms with van der Waals surface area (Å²) in [6.07, 6.45) is 1.81. The first-order valence-corrected chi connectivity index (χ1v) is 7.05. The molecule has 1 aliphatic heterocycles. The molecule has 1 aliphatic rings. The van der Waals surface area contributed by atoms with Crippen LogP contribution in [0.25, 0.3) is 5.69 Å². The molecule has 0 saturated carbocycles. The molecule has 0 aliphatic carbocycles. The fourth-order valence-corrected chi connectivity index (χ4v) is 2.62. The molecule has 2 aromatic rings. The number of anilines is 2. The van der Waals surface area contributed by atoms with Crippen LogP contribution in [0, 0.1) is 11.3 Å². The van der Waals surface area contributed by atoms with Crippen LogP contribution in [0.2, 0.25) is 0 Å². The first-order chi connectivity index (χ1) is 10.2. The van der Waals surface area contributed by atoms with Crippen molar-refractivity contribution in [1.29, 1.82) is 5.26 Å². The monoisotopic (exact) mass is 282 g/mol.